The predicted octanol–water partition coefficient (Wildman–Crippen LogP) is 7.27. The quantitative estimate of drug-likeness (QED) is 0.444. The summed E-state index contributed by atoms with van der Waals surface area (Å²) in [7, 11) is 0. The van der Waals surface area contributed by atoms with E-state index >= 15 is 0 Å². The summed E-state index contributed by atoms with van der Waals surface area (Å²) in [5, 5.41) is 5.50. The molecule has 2 aliphatic carbocycles. The predicted molar refractivity (Wildman–Crippen MR) is 137 cm³/mol. The van der Waals surface area contributed by atoms with E-state index < -0.39 is 0 Å². The van der Waals surface area contributed by atoms with Gasteiger partial charge in [-0.3, -0.25) is 4.90 Å². The Hall–Kier alpha value is -0.540. The van der Waals surface area contributed by atoms with Crippen LogP contribution in [-0.4, -0.2) is 37.1 Å². The van der Waals surface area contributed by atoms with Crippen LogP contribution >= 0.6 is 23.2 Å². The molecular weight excluding hydrogens is 423 g/mol. The van der Waals surface area contributed by atoms with Gasteiger partial charge in [-0.2, -0.15) is 0 Å². The minimum Gasteiger partial charge on any atom is -0.315 e. The van der Waals surface area contributed by atoms with Crippen LogP contribution in [0.1, 0.15) is 67.2 Å². The largest absolute Gasteiger partial charge is 0.315 e. The normalized spacial score (nSPS) is 28.2. The molecule has 4 heteroatoms. The van der Waals surface area contributed by atoms with E-state index in [9.17, 15) is 0 Å². The molecule has 3 rings (SSSR count). The van der Waals surface area contributed by atoms with Gasteiger partial charge in [0, 0.05) is 35.7 Å². The lowest BCUT2D eigenvalue weighted by Crippen LogP contribution is -2.41. The highest BCUT2D eigenvalue weighted by molar-refractivity contribution is 6.34. The highest BCUT2D eigenvalue weighted by atomic mass is 35.5. The van der Waals surface area contributed by atoms with Crippen molar-refractivity contribution in [1.82, 2.24) is 10.2 Å². The topological polar surface area (TPSA) is 15.3 Å². The summed E-state index contributed by atoms with van der Waals surface area (Å²) in [4.78, 5) is 2.64. The van der Waals surface area contributed by atoms with Crippen LogP contribution in [0.5, 0.6) is 0 Å². The van der Waals surface area contributed by atoms with Crippen molar-refractivity contribution in [3.8, 4) is 0 Å². The second-order valence-corrected chi connectivity index (χ2v) is 12.7. The number of likely N-dealkylation sites (tertiary alicyclic amines) is 1. The molecule has 0 saturated carbocycles. The average molecular weight is 466 g/mol. The van der Waals surface area contributed by atoms with Crippen molar-refractivity contribution in [3.05, 3.63) is 45.5 Å². The van der Waals surface area contributed by atoms with E-state index in [4.69, 9.17) is 23.2 Å². The monoisotopic (exact) mass is 464 g/mol. The highest BCUT2D eigenvalue weighted by Gasteiger charge is 2.29. The molecule has 1 heterocycles. The lowest BCUT2D eigenvalue weighted by atomic mass is 9.72. The third-order valence-corrected chi connectivity index (χ3v) is 7.46. The van der Waals surface area contributed by atoms with Crippen molar-refractivity contribution in [2.24, 2.45) is 22.7 Å². The van der Waals surface area contributed by atoms with Crippen LogP contribution in [0, 0.1) is 22.7 Å². The highest BCUT2D eigenvalue weighted by Crippen LogP contribution is 2.40. The van der Waals surface area contributed by atoms with Gasteiger partial charge < -0.3 is 5.32 Å². The van der Waals surface area contributed by atoms with Gasteiger partial charge in [0.05, 0.1) is 0 Å². The molecule has 1 fully saturated rings. The molecule has 0 spiro atoms. The minimum atomic E-state index is 0.196. The molecule has 1 saturated heterocycles. The van der Waals surface area contributed by atoms with Gasteiger partial charge in [-0.05, 0) is 66.5 Å². The summed E-state index contributed by atoms with van der Waals surface area (Å²) in [6.07, 6.45) is 13.7. The Bertz CT molecular complexity index is 761. The zero-order chi connectivity index (χ0) is 22.8. The smallest absolute Gasteiger partial charge is 0.0381 e. The zero-order valence-corrected chi connectivity index (χ0v) is 21.9. The van der Waals surface area contributed by atoms with E-state index in [1.807, 2.05) is 6.08 Å². The molecule has 2 nitrogen and oxygen atoms in total. The number of nitrogens with one attached hydrogen (secondary N) is 1. The van der Waals surface area contributed by atoms with Crippen LogP contribution in [0.25, 0.3) is 0 Å². The van der Waals surface area contributed by atoms with Gasteiger partial charge in [-0.25, -0.2) is 0 Å². The Balaban J connectivity index is 1.54. The lowest BCUT2D eigenvalue weighted by molar-refractivity contribution is 0.223. The van der Waals surface area contributed by atoms with Crippen LogP contribution < -0.4 is 5.32 Å². The van der Waals surface area contributed by atoms with E-state index in [1.165, 1.54) is 31.4 Å². The molecule has 174 valence electrons. The van der Waals surface area contributed by atoms with Crippen LogP contribution in [0.2, 0.25) is 0 Å². The van der Waals surface area contributed by atoms with Gasteiger partial charge in [-0.1, -0.05) is 88.5 Å². The molecule has 0 aromatic carbocycles. The molecule has 0 aromatic rings. The van der Waals surface area contributed by atoms with Crippen molar-refractivity contribution in [1.29, 1.82) is 0 Å². The Morgan fingerprint density at radius 1 is 0.935 bits per heavy atom. The Morgan fingerprint density at radius 2 is 1.68 bits per heavy atom. The molecule has 1 N–H and O–H groups in total. The number of halogens is 2. The lowest BCUT2D eigenvalue weighted by Gasteiger charge is -2.34. The maximum Gasteiger partial charge on any atom is 0.0381 e. The number of allylic oxidation sites excluding steroid dienone is 6. The van der Waals surface area contributed by atoms with Gasteiger partial charge in [0.2, 0.25) is 0 Å². The van der Waals surface area contributed by atoms with Crippen molar-refractivity contribution < 1.29 is 0 Å². The van der Waals surface area contributed by atoms with Crippen LogP contribution in [-0.2, 0) is 0 Å². The van der Waals surface area contributed by atoms with Gasteiger partial charge in [0.25, 0.3) is 0 Å². The van der Waals surface area contributed by atoms with E-state index in [2.05, 4.69) is 70.0 Å². The van der Waals surface area contributed by atoms with E-state index in [1.54, 1.807) is 5.57 Å². The van der Waals surface area contributed by atoms with Crippen molar-refractivity contribution in [2.45, 2.75) is 73.3 Å². The van der Waals surface area contributed by atoms with Crippen LogP contribution in [0.3, 0.4) is 0 Å². The van der Waals surface area contributed by atoms with Crippen molar-refractivity contribution >= 4 is 23.2 Å². The molecule has 3 unspecified atom stereocenters. The van der Waals surface area contributed by atoms with Crippen molar-refractivity contribution in [3.63, 3.8) is 0 Å². The third kappa shape index (κ3) is 7.22. The molecule has 1 aliphatic heterocycles. The first kappa shape index (κ1) is 25.1. The van der Waals surface area contributed by atoms with E-state index in [0.717, 1.165) is 36.1 Å². The number of hydrogen-bond donors (Lipinski definition) is 1. The van der Waals surface area contributed by atoms with Crippen LogP contribution in [0.15, 0.2) is 45.5 Å². The maximum absolute atomic E-state index is 6.28. The fourth-order valence-corrected chi connectivity index (χ4v) is 5.70. The average Bonchev–Trinajstić information content (AvgIpc) is 3.06. The Labute approximate surface area is 200 Å². The molecule has 3 aliphatic rings. The first-order valence-electron chi connectivity index (χ1n) is 12.0. The fourth-order valence-electron chi connectivity index (χ4n) is 5.02. The summed E-state index contributed by atoms with van der Waals surface area (Å²) < 4.78 is 0. The molecule has 31 heavy (non-hydrogen) atoms. The first-order chi connectivity index (χ1) is 14.4. The first-order valence-corrected chi connectivity index (χ1v) is 12.8. The molecule has 0 amide bonds. The Kier molecular flexibility index (Phi) is 8.22. The summed E-state index contributed by atoms with van der Waals surface area (Å²) in [6.45, 7) is 18.4. The summed E-state index contributed by atoms with van der Waals surface area (Å²) in [5.41, 5.74) is 3.50. The number of rotatable bonds is 6. The molecular formula is C27H42Cl2N2. The SMILES string of the molecule is CC(C)(C)C1=CC(CNCC2CCCN2CC2C=C(Cl)C=C(Cl)C2)CC(C(C)(C)C)=C1. The number of nitrogens with zero attached hydrogens (tertiary/aromatic N) is 1. The van der Waals surface area contributed by atoms with E-state index in [0.29, 0.717) is 17.9 Å². The molecule has 0 radical (unpaired) electrons. The standard InChI is InChI=1S/C27H42Cl2N2/c1-26(2,3)21-10-19(11-22(14-21)27(4,5)6)16-30-17-25-8-7-9-31(25)18-20-12-23(28)15-24(29)13-20/h10,12,14-15,19-20,25,30H,7-9,11,13,16-18H2,1-6H3. The number of hydrogen-bond acceptors (Lipinski definition) is 2. The zero-order valence-electron chi connectivity index (χ0n) is 20.4. The molecule has 0 aromatic heterocycles. The summed E-state index contributed by atoms with van der Waals surface area (Å²) in [6, 6.07) is 0.615. The van der Waals surface area contributed by atoms with Crippen LogP contribution in [0.4, 0.5) is 0 Å². The molecule has 0 bridgehead atoms. The third-order valence-electron chi connectivity index (χ3n) is 6.96. The maximum atomic E-state index is 6.28. The van der Waals surface area contributed by atoms with Gasteiger partial charge in [0.15, 0.2) is 0 Å². The van der Waals surface area contributed by atoms with Gasteiger partial charge in [-0.15, -0.1) is 0 Å². The second-order valence-electron chi connectivity index (χ2n) is 11.8. The van der Waals surface area contributed by atoms with Crippen molar-refractivity contribution in [2.75, 3.05) is 26.2 Å². The van der Waals surface area contributed by atoms with Gasteiger partial charge in [0.1, 0.15) is 0 Å². The molecule has 3 atom stereocenters. The van der Waals surface area contributed by atoms with E-state index in [-0.39, 0.29) is 10.8 Å². The fraction of sp³-hybridized carbons (Fsp3) is 0.704. The van der Waals surface area contributed by atoms with Gasteiger partial charge >= 0.3 is 0 Å². The second kappa shape index (κ2) is 10.2. The summed E-state index contributed by atoms with van der Waals surface area (Å²) in [5.74, 6) is 1.01. The minimum absolute atomic E-state index is 0.196. The summed E-state index contributed by atoms with van der Waals surface area (Å²) >= 11 is 12.5. The Morgan fingerprint density at radius 3 is 2.32 bits per heavy atom.